The fourth-order valence-electron chi connectivity index (χ4n) is 3.64. The van der Waals surface area contributed by atoms with Gasteiger partial charge in [0, 0.05) is 18.6 Å². The smallest absolute Gasteiger partial charge is 0.0355 e. The van der Waals surface area contributed by atoms with Crippen molar-refractivity contribution in [3.8, 4) is 0 Å². The first-order valence-corrected chi connectivity index (χ1v) is 8.08. The molecule has 1 aliphatic rings. The largest absolute Gasteiger partial charge is 0.313 e. The monoisotopic (exact) mass is 274 g/mol. The third-order valence-electron chi connectivity index (χ3n) is 4.84. The van der Waals surface area contributed by atoms with E-state index >= 15 is 0 Å². The minimum atomic E-state index is 0.447. The SMILES string of the molecule is CNC(c1ccccc1)C(C)CN1CCC(C)CC1C. The summed E-state index contributed by atoms with van der Waals surface area (Å²) >= 11 is 0. The topological polar surface area (TPSA) is 15.3 Å². The van der Waals surface area contributed by atoms with Crippen LogP contribution in [-0.2, 0) is 0 Å². The van der Waals surface area contributed by atoms with E-state index in [0.29, 0.717) is 12.0 Å². The number of piperidine rings is 1. The number of likely N-dealkylation sites (tertiary alicyclic amines) is 1. The fraction of sp³-hybridized carbons (Fsp3) is 0.667. The lowest BCUT2D eigenvalue weighted by molar-refractivity contribution is 0.104. The first-order valence-electron chi connectivity index (χ1n) is 8.08. The maximum absolute atomic E-state index is 3.50. The zero-order chi connectivity index (χ0) is 14.5. The summed E-state index contributed by atoms with van der Waals surface area (Å²) in [4.78, 5) is 2.68. The highest BCUT2D eigenvalue weighted by Crippen LogP contribution is 2.27. The lowest BCUT2D eigenvalue weighted by atomic mass is 9.90. The molecule has 2 rings (SSSR count). The summed E-state index contributed by atoms with van der Waals surface area (Å²) in [5, 5.41) is 3.50. The Bertz CT molecular complexity index is 390. The van der Waals surface area contributed by atoms with Crippen LogP contribution in [0.4, 0.5) is 0 Å². The van der Waals surface area contributed by atoms with Crippen molar-refractivity contribution in [1.82, 2.24) is 10.2 Å². The second-order valence-corrected chi connectivity index (χ2v) is 6.63. The van der Waals surface area contributed by atoms with Gasteiger partial charge in [0.25, 0.3) is 0 Å². The Morgan fingerprint density at radius 2 is 1.95 bits per heavy atom. The Morgan fingerprint density at radius 1 is 1.25 bits per heavy atom. The molecule has 1 fully saturated rings. The molecule has 112 valence electrons. The molecule has 0 spiro atoms. The van der Waals surface area contributed by atoms with Gasteiger partial charge in [0.1, 0.15) is 0 Å². The summed E-state index contributed by atoms with van der Waals surface area (Å²) in [7, 11) is 2.08. The molecule has 4 atom stereocenters. The van der Waals surface area contributed by atoms with E-state index in [1.807, 2.05) is 0 Å². The molecule has 1 saturated heterocycles. The number of hydrogen-bond donors (Lipinski definition) is 1. The average Bonchev–Trinajstić information content (AvgIpc) is 2.44. The van der Waals surface area contributed by atoms with E-state index in [2.05, 4.69) is 68.4 Å². The summed E-state index contributed by atoms with van der Waals surface area (Å²) in [5.74, 6) is 1.52. The van der Waals surface area contributed by atoms with Gasteiger partial charge in [-0.05, 0) is 50.8 Å². The van der Waals surface area contributed by atoms with E-state index in [0.717, 1.165) is 12.0 Å². The zero-order valence-electron chi connectivity index (χ0n) is 13.5. The lowest BCUT2D eigenvalue weighted by Crippen LogP contribution is -2.44. The van der Waals surface area contributed by atoms with Crippen molar-refractivity contribution < 1.29 is 0 Å². The van der Waals surface area contributed by atoms with Gasteiger partial charge in [-0.25, -0.2) is 0 Å². The first kappa shape index (κ1) is 15.5. The molecule has 0 radical (unpaired) electrons. The number of nitrogens with zero attached hydrogens (tertiary/aromatic N) is 1. The van der Waals surface area contributed by atoms with E-state index in [9.17, 15) is 0 Å². The second-order valence-electron chi connectivity index (χ2n) is 6.63. The molecule has 0 aliphatic carbocycles. The van der Waals surface area contributed by atoms with Gasteiger partial charge in [0.15, 0.2) is 0 Å². The van der Waals surface area contributed by atoms with E-state index in [4.69, 9.17) is 0 Å². The normalized spacial score (nSPS) is 27.2. The van der Waals surface area contributed by atoms with Crippen molar-refractivity contribution in [2.24, 2.45) is 11.8 Å². The van der Waals surface area contributed by atoms with Crippen LogP contribution >= 0.6 is 0 Å². The molecule has 1 aromatic carbocycles. The number of nitrogens with one attached hydrogen (secondary N) is 1. The van der Waals surface area contributed by atoms with Gasteiger partial charge >= 0.3 is 0 Å². The molecule has 0 saturated carbocycles. The quantitative estimate of drug-likeness (QED) is 0.880. The number of rotatable bonds is 5. The Balaban J connectivity index is 1.97. The second kappa shape index (κ2) is 7.24. The molecular formula is C18H30N2. The molecule has 4 unspecified atom stereocenters. The van der Waals surface area contributed by atoms with Crippen LogP contribution in [0.25, 0.3) is 0 Å². The van der Waals surface area contributed by atoms with Crippen LogP contribution in [0.5, 0.6) is 0 Å². The van der Waals surface area contributed by atoms with E-state index in [1.165, 1.54) is 31.5 Å². The molecule has 0 bridgehead atoms. The van der Waals surface area contributed by atoms with Crippen molar-refractivity contribution in [1.29, 1.82) is 0 Å². The maximum Gasteiger partial charge on any atom is 0.0355 e. The molecule has 20 heavy (non-hydrogen) atoms. The lowest BCUT2D eigenvalue weighted by Gasteiger charge is -2.39. The Hall–Kier alpha value is -0.860. The molecule has 2 nitrogen and oxygen atoms in total. The average molecular weight is 274 g/mol. The molecule has 1 aliphatic heterocycles. The Kier molecular flexibility index (Phi) is 5.62. The van der Waals surface area contributed by atoms with E-state index in [-0.39, 0.29) is 0 Å². The van der Waals surface area contributed by atoms with Gasteiger partial charge in [-0.3, -0.25) is 0 Å². The summed E-state index contributed by atoms with van der Waals surface area (Å²) < 4.78 is 0. The summed E-state index contributed by atoms with van der Waals surface area (Å²) in [6, 6.07) is 12.0. The molecule has 0 amide bonds. The van der Waals surface area contributed by atoms with Crippen LogP contribution in [0.3, 0.4) is 0 Å². The highest BCUT2D eigenvalue weighted by Gasteiger charge is 2.26. The van der Waals surface area contributed by atoms with Crippen LogP contribution in [0.1, 0.15) is 45.2 Å². The highest BCUT2D eigenvalue weighted by atomic mass is 15.2. The third kappa shape index (κ3) is 3.83. The molecule has 1 N–H and O–H groups in total. The number of hydrogen-bond acceptors (Lipinski definition) is 2. The molecule has 2 heteroatoms. The van der Waals surface area contributed by atoms with E-state index in [1.54, 1.807) is 0 Å². The Morgan fingerprint density at radius 3 is 2.55 bits per heavy atom. The van der Waals surface area contributed by atoms with Gasteiger partial charge < -0.3 is 10.2 Å². The predicted octanol–water partition coefficient (Wildman–Crippen LogP) is 3.70. The van der Waals surface area contributed by atoms with Crippen LogP contribution < -0.4 is 5.32 Å². The molecule has 0 aromatic heterocycles. The summed E-state index contributed by atoms with van der Waals surface area (Å²) in [6.07, 6.45) is 2.70. The molecule has 1 heterocycles. The van der Waals surface area contributed by atoms with Gasteiger partial charge in [0.2, 0.25) is 0 Å². The van der Waals surface area contributed by atoms with Crippen molar-refractivity contribution in [2.45, 2.75) is 45.7 Å². The van der Waals surface area contributed by atoms with Crippen molar-refractivity contribution in [3.05, 3.63) is 35.9 Å². The fourth-order valence-corrected chi connectivity index (χ4v) is 3.64. The molecule has 1 aromatic rings. The van der Waals surface area contributed by atoms with Gasteiger partial charge in [0.05, 0.1) is 0 Å². The predicted molar refractivity (Wildman–Crippen MR) is 86.8 cm³/mol. The Labute approximate surface area is 124 Å². The van der Waals surface area contributed by atoms with Crippen LogP contribution in [0.2, 0.25) is 0 Å². The zero-order valence-corrected chi connectivity index (χ0v) is 13.5. The van der Waals surface area contributed by atoms with Gasteiger partial charge in [-0.15, -0.1) is 0 Å². The van der Waals surface area contributed by atoms with Crippen LogP contribution in [0.15, 0.2) is 30.3 Å². The van der Waals surface area contributed by atoms with E-state index < -0.39 is 0 Å². The summed E-state index contributed by atoms with van der Waals surface area (Å²) in [6.45, 7) is 9.60. The maximum atomic E-state index is 3.50. The highest BCUT2D eigenvalue weighted by molar-refractivity contribution is 5.19. The van der Waals surface area contributed by atoms with Crippen LogP contribution in [-0.4, -0.2) is 31.1 Å². The van der Waals surface area contributed by atoms with Crippen molar-refractivity contribution >= 4 is 0 Å². The first-order chi connectivity index (χ1) is 9.61. The third-order valence-corrected chi connectivity index (χ3v) is 4.84. The summed E-state index contributed by atoms with van der Waals surface area (Å²) in [5.41, 5.74) is 1.40. The molecular weight excluding hydrogens is 244 g/mol. The number of benzene rings is 1. The van der Waals surface area contributed by atoms with Crippen molar-refractivity contribution in [3.63, 3.8) is 0 Å². The van der Waals surface area contributed by atoms with Crippen LogP contribution in [0, 0.1) is 11.8 Å². The van der Waals surface area contributed by atoms with Crippen molar-refractivity contribution in [2.75, 3.05) is 20.1 Å². The standard InChI is InChI=1S/C18H30N2/c1-14-10-11-20(16(3)12-14)13-15(2)18(19-4)17-8-6-5-7-9-17/h5-9,14-16,18-19H,10-13H2,1-4H3. The minimum absolute atomic E-state index is 0.447. The van der Waals surface area contributed by atoms with Gasteiger partial charge in [-0.2, -0.15) is 0 Å². The van der Waals surface area contributed by atoms with Gasteiger partial charge in [-0.1, -0.05) is 44.2 Å². The minimum Gasteiger partial charge on any atom is -0.313 e.